The number of hydrogen-bond donors (Lipinski definition) is 3. The van der Waals surface area contributed by atoms with Crippen LogP contribution in [0.15, 0.2) is 29.3 Å². The predicted molar refractivity (Wildman–Crippen MR) is 89.9 cm³/mol. The molecule has 0 fully saturated rings. The SMILES string of the molecule is CCC(CC)CNC(=NC)NCCCc1ccc(O)cc1. The van der Waals surface area contributed by atoms with Crippen molar-refractivity contribution in [2.75, 3.05) is 20.1 Å². The predicted octanol–water partition coefficient (Wildman–Crippen LogP) is 2.93. The van der Waals surface area contributed by atoms with Crippen LogP contribution in [-0.4, -0.2) is 31.2 Å². The molecule has 1 aromatic rings. The summed E-state index contributed by atoms with van der Waals surface area (Å²) in [6.07, 6.45) is 4.43. The van der Waals surface area contributed by atoms with Gasteiger partial charge in [0.05, 0.1) is 0 Å². The van der Waals surface area contributed by atoms with Gasteiger partial charge in [-0.1, -0.05) is 38.8 Å². The fraction of sp³-hybridized carbons (Fsp3) is 0.588. The molecule has 1 aromatic carbocycles. The summed E-state index contributed by atoms with van der Waals surface area (Å²) in [5.41, 5.74) is 1.24. The van der Waals surface area contributed by atoms with Crippen molar-refractivity contribution < 1.29 is 5.11 Å². The van der Waals surface area contributed by atoms with Crippen LogP contribution >= 0.6 is 0 Å². The molecule has 0 heterocycles. The summed E-state index contributed by atoms with van der Waals surface area (Å²) in [4.78, 5) is 4.25. The number of nitrogens with zero attached hydrogens (tertiary/aromatic N) is 1. The number of rotatable bonds is 8. The lowest BCUT2D eigenvalue weighted by molar-refractivity contribution is 0.475. The third kappa shape index (κ3) is 7.02. The Morgan fingerprint density at radius 2 is 1.81 bits per heavy atom. The van der Waals surface area contributed by atoms with Gasteiger partial charge in [-0.2, -0.15) is 0 Å². The minimum atomic E-state index is 0.322. The molecule has 0 spiro atoms. The van der Waals surface area contributed by atoms with Gasteiger partial charge in [0, 0.05) is 20.1 Å². The Hall–Kier alpha value is -1.71. The molecule has 0 aliphatic rings. The second-order valence-corrected chi connectivity index (χ2v) is 5.33. The molecule has 0 unspecified atom stereocenters. The Bertz CT molecular complexity index is 411. The number of hydrogen-bond acceptors (Lipinski definition) is 2. The lowest BCUT2D eigenvalue weighted by atomic mass is 10.0. The molecule has 0 saturated carbocycles. The first-order chi connectivity index (χ1) is 10.2. The molecule has 0 bridgehead atoms. The third-order valence-corrected chi connectivity index (χ3v) is 3.81. The molecule has 4 nitrogen and oxygen atoms in total. The summed E-state index contributed by atoms with van der Waals surface area (Å²) < 4.78 is 0. The molecule has 0 saturated heterocycles. The summed E-state index contributed by atoms with van der Waals surface area (Å²) in [6.45, 7) is 6.32. The number of phenols is 1. The normalized spacial score (nSPS) is 11.7. The topological polar surface area (TPSA) is 56.7 Å². The summed E-state index contributed by atoms with van der Waals surface area (Å²) >= 11 is 0. The Morgan fingerprint density at radius 3 is 2.38 bits per heavy atom. The standard InChI is InChI=1S/C17H29N3O/c1-4-14(5-2)13-20-17(18-3)19-12-6-7-15-8-10-16(21)11-9-15/h8-11,14,21H,4-7,12-13H2,1-3H3,(H2,18,19,20). The Balaban J connectivity index is 2.21. The number of aliphatic imine (C=N–C) groups is 1. The minimum Gasteiger partial charge on any atom is -0.508 e. The van der Waals surface area contributed by atoms with Gasteiger partial charge in [0.15, 0.2) is 5.96 Å². The Morgan fingerprint density at radius 1 is 1.14 bits per heavy atom. The van der Waals surface area contributed by atoms with E-state index in [0.29, 0.717) is 11.7 Å². The van der Waals surface area contributed by atoms with E-state index in [1.165, 1.54) is 18.4 Å². The Kier molecular flexibility index (Phi) is 8.32. The summed E-state index contributed by atoms with van der Waals surface area (Å²) in [5.74, 6) is 1.91. The molecule has 0 amide bonds. The van der Waals surface area contributed by atoms with Crippen molar-refractivity contribution >= 4 is 5.96 Å². The van der Waals surface area contributed by atoms with Gasteiger partial charge in [-0.05, 0) is 36.5 Å². The van der Waals surface area contributed by atoms with Crippen LogP contribution in [-0.2, 0) is 6.42 Å². The van der Waals surface area contributed by atoms with Crippen molar-refractivity contribution in [3.05, 3.63) is 29.8 Å². The molecule has 4 heteroatoms. The monoisotopic (exact) mass is 291 g/mol. The maximum atomic E-state index is 9.24. The average Bonchev–Trinajstić information content (AvgIpc) is 2.52. The number of aryl methyl sites for hydroxylation is 1. The molecule has 0 radical (unpaired) electrons. The van der Waals surface area contributed by atoms with Crippen molar-refractivity contribution in [2.45, 2.75) is 39.5 Å². The number of phenolic OH excluding ortho intramolecular Hbond substituents is 1. The van der Waals surface area contributed by atoms with E-state index >= 15 is 0 Å². The van der Waals surface area contributed by atoms with Gasteiger partial charge < -0.3 is 15.7 Å². The van der Waals surface area contributed by atoms with Crippen LogP contribution in [0.2, 0.25) is 0 Å². The molecule has 0 aliphatic carbocycles. The molecule has 21 heavy (non-hydrogen) atoms. The van der Waals surface area contributed by atoms with Gasteiger partial charge >= 0.3 is 0 Å². The van der Waals surface area contributed by atoms with Crippen LogP contribution in [0.5, 0.6) is 5.75 Å². The highest BCUT2D eigenvalue weighted by Crippen LogP contribution is 2.10. The quantitative estimate of drug-likeness (QED) is 0.392. The van der Waals surface area contributed by atoms with E-state index < -0.39 is 0 Å². The fourth-order valence-corrected chi connectivity index (χ4v) is 2.20. The highest BCUT2D eigenvalue weighted by molar-refractivity contribution is 5.79. The van der Waals surface area contributed by atoms with Crippen molar-refractivity contribution in [1.29, 1.82) is 0 Å². The second kappa shape index (κ2) is 10.1. The maximum Gasteiger partial charge on any atom is 0.190 e. The van der Waals surface area contributed by atoms with E-state index in [0.717, 1.165) is 31.9 Å². The zero-order chi connectivity index (χ0) is 15.5. The lowest BCUT2D eigenvalue weighted by Gasteiger charge is -2.16. The van der Waals surface area contributed by atoms with Gasteiger partial charge in [0.2, 0.25) is 0 Å². The van der Waals surface area contributed by atoms with Crippen molar-refractivity contribution in [1.82, 2.24) is 10.6 Å². The lowest BCUT2D eigenvalue weighted by Crippen LogP contribution is -2.40. The van der Waals surface area contributed by atoms with Crippen LogP contribution in [0.4, 0.5) is 0 Å². The zero-order valence-electron chi connectivity index (χ0n) is 13.5. The van der Waals surface area contributed by atoms with E-state index in [1.807, 2.05) is 19.2 Å². The largest absolute Gasteiger partial charge is 0.508 e. The first-order valence-corrected chi connectivity index (χ1v) is 7.92. The van der Waals surface area contributed by atoms with Gasteiger partial charge in [0.25, 0.3) is 0 Å². The van der Waals surface area contributed by atoms with Gasteiger partial charge in [-0.3, -0.25) is 4.99 Å². The van der Waals surface area contributed by atoms with Gasteiger partial charge in [-0.25, -0.2) is 0 Å². The highest BCUT2D eigenvalue weighted by Gasteiger charge is 2.04. The average molecular weight is 291 g/mol. The summed E-state index contributed by atoms with van der Waals surface area (Å²) in [5, 5.41) is 16.0. The van der Waals surface area contributed by atoms with E-state index in [9.17, 15) is 5.11 Å². The summed E-state index contributed by atoms with van der Waals surface area (Å²) in [6, 6.07) is 7.41. The van der Waals surface area contributed by atoms with E-state index in [2.05, 4.69) is 29.5 Å². The maximum absolute atomic E-state index is 9.24. The van der Waals surface area contributed by atoms with E-state index in [1.54, 1.807) is 12.1 Å². The smallest absolute Gasteiger partial charge is 0.190 e. The highest BCUT2D eigenvalue weighted by atomic mass is 16.3. The molecule has 3 N–H and O–H groups in total. The van der Waals surface area contributed by atoms with Crippen molar-refractivity contribution in [3.8, 4) is 5.75 Å². The molecule has 1 rings (SSSR count). The van der Waals surface area contributed by atoms with Crippen LogP contribution in [0.1, 0.15) is 38.7 Å². The first-order valence-electron chi connectivity index (χ1n) is 7.92. The van der Waals surface area contributed by atoms with Crippen molar-refractivity contribution in [3.63, 3.8) is 0 Å². The second-order valence-electron chi connectivity index (χ2n) is 5.33. The molecular weight excluding hydrogens is 262 g/mol. The molecule has 0 atom stereocenters. The Labute approximate surface area is 128 Å². The molecule has 118 valence electrons. The minimum absolute atomic E-state index is 0.322. The van der Waals surface area contributed by atoms with E-state index in [4.69, 9.17) is 0 Å². The number of aromatic hydroxyl groups is 1. The van der Waals surface area contributed by atoms with Crippen LogP contribution < -0.4 is 10.6 Å². The first kappa shape index (κ1) is 17.3. The number of benzene rings is 1. The molecule has 0 aromatic heterocycles. The van der Waals surface area contributed by atoms with Crippen LogP contribution in [0.3, 0.4) is 0 Å². The van der Waals surface area contributed by atoms with Crippen LogP contribution in [0.25, 0.3) is 0 Å². The van der Waals surface area contributed by atoms with Gasteiger partial charge in [0.1, 0.15) is 5.75 Å². The van der Waals surface area contributed by atoms with Crippen molar-refractivity contribution in [2.24, 2.45) is 10.9 Å². The number of nitrogens with one attached hydrogen (secondary N) is 2. The zero-order valence-corrected chi connectivity index (χ0v) is 13.5. The molecule has 0 aliphatic heterocycles. The summed E-state index contributed by atoms with van der Waals surface area (Å²) in [7, 11) is 1.81. The van der Waals surface area contributed by atoms with Crippen LogP contribution in [0, 0.1) is 5.92 Å². The fourth-order valence-electron chi connectivity index (χ4n) is 2.20. The number of guanidine groups is 1. The third-order valence-electron chi connectivity index (χ3n) is 3.81. The molecular formula is C17H29N3O. The van der Waals surface area contributed by atoms with Gasteiger partial charge in [-0.15, -0.1) is 0 Å². The van der Waals surface area contributed by atoms with E-state index in [-0.39, 0.29) is 0 Å².